The lowest BCUT2D eigenvalue weighted by Crippen LogP contribution is -1.96. The van der Waals surface area contributed by atoms with E-state index in [0.717, 1.165) is 50.2 Å². The third-order valence-electron chi connectivity index (χ3n) is 10.4. The fourth-order valence-corrected chi connectivity index (χ4v) is 7.52. The highest BCUT2D eigenvalue weighted by Crippen LogP contribution is 2.34. The van der Waals surface area contributed by atoms with Gasteiger partial charge in [-0.3, -0.25) is 4.98 Å². The van der Waals surface area contributed by atoms with Gasteiger partial charge in [-0.25, -0.2) is 9.97 Å². The predicted octanol–water partition coefficient (Wildman–Crippen LogP) is 13.3. The summed E-state index contributed by atoms with van der Waals surface area (Å²) in [6.07, 6.45) is 3.86. The third kappa shape index (κ3) is 5.88. The Balaban J connectivity index is 1.04. The van der Waals surface area contributed by atoms with Gasteiger partial charge in [0.25, 0.3) is 0 Å². The topological polar surface area (TPSA) is 38.7 Å². The van der Waals surface area contributed by atoms with Crippen LogP contribution in [0.4, 0.5) is 0 Å². The number of pyridine rings is 1. The zero-order valence-corrected chi connectivity index (χ0v) is 29.4. The highest BCUT2D eigenvalue weighted by atomic mass is 14.9. The maximum Gasteiger partial charge on any atom is 0.160 e. The van der Waals surface area contributed by atoms with Crippen molar-refractivity contribution in [1.82, 2.24) is 15.0 Å². The van der Waals surface area contributed by atoms with Gasteiger partial charge in [0.05, 0.1) is 11.4 Å². The minimum absolute atomic E-state index is 0.688. The van der Waals surface area contributed by atoms with Crippen molar-refractivity contribution in [3.05, 3.63) is 200 Å². The Labute approximate surface area is 313 Å². The van der Waals surface area contributed by atoms with Crippen LogP contribution in [0.15, 0.2) is 200 Å². The molecule has 0 saturated heterocycles. The fraction of sp³-hybridized carbons (Fsp3) is 0. The molecule has 0 spiro atoms. The molecular weight excluding hydrogens is 655 g/mol. The monoisotopic (exact) mass is 687 g/mol. The van der Waals surface area contributed by atoms with Crippen LogP contribution in [-0.2, 0) is 0 Å². The highest BCUT2D eigenvalue weighted by molar-refractivity contribution is 5.97. The third-order valence-corrected chi connectivity index (χ3v) is 10.4. The zero-order chi connectivity index (χ0) is 35.8. The Morgan fingerprint density at radius 2 is 0.778 bits per heavy atom. The van der Waals surface area contributed by atoms with Gasteiger partial charge in [-0.2, -0.15) is 0 Å². The van der Waals surface area contributed by atoms with Crippen molar-refractivity contribution >= 4 is 32.3 Å². The average Bonchev–Trinajstić information content (AvgIpc) is 3.26. The number of rotatable bonds is 6. The lowest BCUT2D eigenvalue weighted by molar-refractivity contribution is 1.18. The van der Waals surface area contributed by atoms with Crippen LogP contribution in [0.25, 0.3) is 99.6 Å². The van der Waals surface area contributed by atoms with E-state index < -0.39 is 0 Å². The van der Waals surface area contributed by atoms with Crippen molar-refractivity contribution in [3.8, 4) is 67.3 Å². The van der Waals surface area contributed by atoms with Crippen LogP contribution >= 0.6 is 0 Å². The Morgan fingerprint density at radius 3 is 1.48 bits per heavy atom. The molecule has 2 heterocycles. The van der Waals surface area contributed by atoms with Crippen LogP contribution < -0.4 is 0 Å². The second-order valence-electron chi connectivity index (χ2n) is 13.7. The van der Waals surface area contributed by atoms with Crippen molar-refractivity contribution in [3.63, 3.8) is 0 Å². The summed E-state index contributed by atoms with van der Waals surface area (Å²) in [6, 6.07) is 66.6. The summed E-state index contributed by atoms with van der Waals surface area (Å²) in [7, 11) is 0. The highest BCUT2D eigenvalue weighted by Gasteiger charge is 2.13. The molecule has 3 heteroatoms. The van der Waals surface area contributed by atoms with E-state index in [1.54, 1.807) is 0 Å². The predicted molar refractivity (Wildman–Crippen MR) is 225 cm³/mol. The molecule has 54 heavy (non-hydrogen) atoms. The smallest absolute Gasteiger partial charge is 0.160 e. The molecule has 0 fully saturated rings. The van der Waals surface area contributed by atoms with E-state index in [-0.39, 0.29) is 0 Å². The molecule has 0 N–H and O–H groups in total. The van der Waals surface area contributed by atoms with Crippen molar-refractivity contribution in [1.29, 1.82) is 0 Å². The Morgan fingerprint density at radius 1 is 0.278 bits per heavy atom. The standard InChI is InChI=1S/C51H33N3/c1-2-10-42-30-43(29-18-34(42)8-1)35-16-27-41(28-17-35)51-53-49(39-23-19-37(20-24-39)46-15-7-12-36-9-3-5-13-45(36)46)31-50(54-51)40-25-21-38(22-26-40)48-33-52-32-44-11-4-6-14-47(44)48/h1-33H. The molecule has 0 bridgehead atoms. The van der Waals surface area contributed by atoms with Gasteiger partial charge in [-0.15, -0.1) is 0 Å². The van der Waals surface area contributed by atoms with Crippen molar-refractivity contribution in [2.45, 2.75) is 0 Å². The molecule has 0 atom stereocenters. The molecule has 0 saturated carbocycles. The molecule has 10 rings (SSSR count). The minimum Gasteiger partial charge on any atom is -0.263 e. The van der Waals surface area contributed by atoms with Gasteiger partial charge in [0, 0.05) is 40.0 Å². The molecule has 0 aliphatic rings. The van der Waals surface area contributed by atoms with Gasteiger partial charge < -0.3 is 0 Å². The first-order valence-corrected chi connectivity index (χ1v) is 18.2. The molecule has 3 nitrogen and oxygen atoms in total. The van der Waals surface area contributed by atoms with E-state index in [2.05, 4.69) is 193 Å². The van der Waals surface area contributed by atoms with Gasteiger partial charge in [-0.05, 0) is 66.9 Å². The van der Waals surface area contributed by atoms with Crippen molar-refractivity contribution in [2.24, 2.45) is 0 Å². The fourth-order valence-electron chi connectivity index (χ4n) is 7.52. The first-order valence-electron chi connectivity index (χ1n) is 18.2. The maximum absolute atomic E-state index is 5.18. The molecule has 8 aromatic carbocycles. The molecular formula is C51H33N3. The summed E-state index contributed by atoms with van der Waals surface area (Å²) >= 11 is 0. The Kier molecular flexibility index (Phi) is 7.81. The van der Waals surface area contributed by atoms with Crippen LogP contribution in [0.1, 0.15) is 0 Å². The van der Waals surface area contributed by atoms with Crippen LogP contribution in [0.2, 0.25) is 0 Å². The van der Waals surface area contributed by atoms with Crippen molar-refractivity contribution in [2.75, 3.05) is 0 Å². The molecule has 0 aliphatic heterocycles. The molecule has 0 aliphatic carbocycles. The second-order valence-corrected chi connectivity index (χ2v) is 13.7. The van der Waals surface area contributed by atoms with Gasteiger partial charge in [0.2, 0.25) is 0 Å². The quantitative estimate of drug-likeness (QED) is 0.175. The van der Waals surface area contributed by atoms with E-state index in [1.807, 2.05) is 12.4 Å². The SMILES string of the molecule is c1ccc2cc(-c3ccc(-c4nc(-c5ccc(-c6cccc7ccccc67)cc5)cc(-c5ccc(-c6cncc7ccccc67)cc5)n4)cc3)ccc2c1. The van der Waals surface area contributed by atoms with Gasteiger partial charge in [0.1, 0.15) is 0 Å². The molecule has 0 radical (unpaired) electrons. The number of hydrogen-bond acceptors (Lipinski definition) is 3. The lowest BCUT2D eigenvalue weighted by atomic mass is 9.96. The van der Waals surface area contributed by atoms with E-state index in [0.29, 0.717) is 5.82 Å². The number of hydrogen-bond donors (Lipinski definition) is 0. The normalized spacial score (nSPS) is 11.3. The summed E-state index contributed by atoms with van der Waals surface area (Å²) in [4.78, 5) is 14.9. The Hall–Kier alpha value is -7.23. The number of aromatic nitrogens is 3. The van der Waals surface area contributed by atoms with Crippen LogP contribution in [0.5, 0.6) is 0 Å². The minimum atomic E-state index is 0.688. The van der Waals surface area contributed by atoms with Gasteiger partial charge >= 0.3 is 0 Å². The second kappa shape index (κ2) is 13.4. The van der Waals surface area contributed by atoms with E-state index in [4.69, 9.17) is 9.97 Å². The lowest BCUT2D eigenvalue weighted by Gasteiger charge is -2.12. The van der Waals surface area contributed by atoms with Crippen LogP contribution in [0.3, 0.4) is 0 Å². The van der Waals surface area contributed by atoms with E-state index >= 15 is 0 Å². The maximum atomic E-state index is 5.18. The summed E-state index contributed by atoms with van der Waals surface area (Å²) < 4.78 is 0. The first-order chi connectivity index (χ1) is 26.7. The summed E-state index contributed by atoms with van der Waals surface area (Å²) in [5.74, 6) is 0.688. The van der Waals surface area contributed by atoms with Crippen LogP contribution in [-0.4, -0.2) is 15.0 Å². The molecule has 0 unspecified atom stereocenters. The van der Waals surface area contributed by atoms with E-state index in [9.17, 15) is 0 Å². The average molecular weight is 688 g/mol. The number of benzene rings is 8. The number of fused-ring (bicyclic) bond motifs is 3. The Bertz CT molecular complexity index is 2810. The number of nitrogens with zero attached hydrogens (tertiary/aromatic N) is 3. The van der Waals surface area contributed by atoms with E-state index in [1.165, 1.54) is 43.6 Å². The summed E-state index contributed by atoms with van der Waals surface area (Å²) in [5.41, 5.74) is 11.7. The van der Waals surface area contributed by atoms with Crippen LogP contribution in [0, 0.1) is 0 Å². The molecule has 0 amide bonds. The summed E-state index contributed by atoms with van der Waals surface area (Å²) in [5, 5.41) is 7.26. The zero-order valence-electron chi connectivity index (χ0n) is 29.4. The van der Waals surface area contributed by atoms with Crippen molar-refractivity contribution < 1.29 is 0 Å². The van der Waals surface area contributed by atoms with Gasteiger partial charge in [0.15, 0.2) is 5.82 Å². The molecule has 10 aromatic rings. The first kappa shape index (κ1) is 31.5. The van der Waals surface area contributed by atoms with Gasteiger partial charge in [-0.1, -0.05) is 176 Å². The molecule has 252 valence electrons. The largest absolute Gasteiger partial charge is 0.263 e. The molecule has 2 aromatic heterocycles. The summed E-state index contributed by atoms with van der Waals surface area (Å²) in [6.45, 7) is 0.